The van der Waals surface area contributed by atoms with E-state index >= 15 is 0 Å². The van der Waals surface area contributed by atoms with E-state index < -0.39 is 0 Å². The summed E-state index contributed by atoms with van der Waals surface area (Å²) >= 11 is 0. The molecular weight excluding hydrogens is 210 g/mol. The van der Waals surface area contributed by atoms with Gasteiger partial charge in [-0.15, -0.1) is 0 Å². The Morgan fingerprint density at radius 2 is 2.12 bits per heavy atom. The van der Waals surface area contributed by atoms with Gasteiger partial charge in [0, 0.05) is 44.1 Å². The molecule has 1 heterocycles. The zero-order valence-corrected chi connectivity index (χ0v) is 10.2. The molecule has 3 nitrogen and oxygen atoms in total. The topological polar surface area (TPSA) is 45.0 Å². The Bertz CT molecular complexity index is 448. The number of rotatable bonds is 5. The zero-order chi connectivity index (χ0) is 12.1. The Morgan fingerprint density at radius 1 is 1.24 bits per heavy atom. The number of benzene rings is 1. The van der Waals surface area contributed by atoms with Gasteiger partial charge in [-0.3, -0.25) is 0 Å². The van der Waals surface area contributed by atoms with E-state index in [1.165, 1.54) is 16.9 Å². The summed E-state index contributed by atoms with van der Waals surface area (Å²) in [5.41, 5.74) is 9.31. The first-order valence-electron chi connectivity index (χ1n) is 5.92. The number of hydrogen-bond acceptors (Lipinski definition) is 2. The van der Waals surface area contributed by atoms with Crippen molar-refractivity contribution in [2.24, 2.45) is 5.73 Å². The van der Waals surface area contributed by atoms with E-state index in [9.17, 15) is 0 Å². The summed E-state index contributed by atoms with van der Waals surface area (Å²) in [5, 5.41) is 0. The summed E-state index contributed by atoms with van der Waals surface area (Å²) in [6.07, 6.45) is 2.99. The van der Waals surface area contributed by atoms with Crippen LogP contribution < -0.4 is 10.6 Å². The maximum Gasteiger partial charge on any atom is 0.0366 e. The van der Waals surface area contributed by atoms with Crippen LogP contribution in [0.3, 0.4) is 0 Å². The first kappa shape index (κ1) is 11.7. The van der Waals surface area contributed by atoms with Crippen LogP contribution in [0, 0.1) is 0 Å². The molecule has 0 bridgehead atoms. The van der Waals surface area contributed by atoms with Crippen LogP contribution in [0.1, 0.15) is 11.3 Å². The maximum absolute atomic E-state index is 5.65. The minimum atomic E-state index is 0.596. The lowest BCUT2D eigenvalue weighted by molar-refractivity contribution is 0.857. The highest BCUT2D eigenvalue weighted by atomic mass is 15.1. The van der Waals surface area contributed by atoms with Crippen molar-refractivity contribution in [1.29, 1.82) is 0 Å². The van der Waals surface area contributed by atoms with Gasteiger partial charge in [-0.05, 0) is 29.8 Å². The van der Waals surface area contributed by atoms with Gasteiger partial charge in [0.2, 0.25) is 0 Å². The maximum atomic E-state index is 5.65. The molecule has 17 heavy (non-hydrogen) atoms. The van der Waals surface area contributed by atoms with Crippen molar-refractivity contribution in [1.82, 2.24) is 4.98 Å². The summed E-state index contributed by atoms with van der Waals surface area (Å²) in [7, 11) is 2.11. The molecule has 2 rings (SSSR count). The second-order valence-electron chi connectivity index (χ2n) is 4.24. The minimum absolute atomic E-state index is 0.596. The largest absolute Gasteiger partial charge is 0.374 e. The lowest BCUT2D eigenvalue weighted by atomic mass is 10.2. The average Bonchev–Trinajstić information content (AvgIpc) is 2.89. The van der Waals surface area contributed by atoms with Crippen molar-refractivity contribution >= 4 is 5.69 Å². The minimum Gasteiger partial charge on any atom is -0.374 e. The van der Waals surface area contributed by atoms with Crippen molar-refractivity contribution < 1.29 is 0 Å². The fourth-order valence-corrected chi connectivity index (χ4v) is 1.86. The van der Waals surface area contributed by atoms with Crippen molar-refractivity contribution in [2.75, 3.05) is 18.5 Å². The summed E-state index contributed by atoms with van der Waals surface area (Å²) in [6, 6.07) is 12.5. The van der Waals surface area contributed by atoms with E-state index in [1.807, 2.05) is 12.3 Å². The number of anilines is 1. The molecule has 0 saturated heterocycles. The predicted octanol–water partition coefficient (Wildman–Crippen LogP) is 2.15. The molecule has 0 fully saturated rings. The molecule has 1 aromatic carbocycles. The van der Waals surface area contributed by atoms with E-state index in [2.05, 4.69) is 47.3 Å². The molecule has 3 N–H and O–H groups in total. The molecule has 1 aromatic heterocycles. The van der Waals surface area contributed by atoms with Crippen LogP contribution in [0.4, 0.5) is 5.69 Å². The lowest BCUT2D eigenvalue weighted by Gasteiger charge is -2.19. The number of nitrogens with one attached hydrogen (secondary N) is 1. The van der Waals surface area contributed by atoms with E-state index in [0.29, 0.717) is 6.54 Å². The first-order chi connectivity index (χ1) is 8.29. The van der Waals surface area contributed by atoms with Gasteiger partial charge in [-0.1, -0.05) is 12.1 Å². The molecule has 0 amide bonds. The molecule has 0 spiro atoms. The van der Waals surface area contributed by atoms with Crippen molar-refractivity contribution in [3.63, 3.8) is 0 Å². The average molecular weight is 229 g/mol. The van der Waals surface area contributed by atoms with Gasteiger partial charge in [-0.2, -0.15) is 0 Å². The number of aromatic nitrogens is 1. The van der Waals surface area contributed by atoms with Gasteiger partial charge in [-0.25, -0.2) is 0 Å². The second kappa shape index (κ2) is 5.55. The Hall–Kier alpha value is -1.74. The van der Waals surface area contributed by atoms with Crippen molar-refractivity contribution in [2.45, 2.75) is 13.0 Å². The third-order valence-electron chi connectivity index (χ3n) is 2.97. The number of H-pyrrole nitrogens is 1. The lowest BCUT2D eigenvalue weighted by Crippen LogP contribution is -2.20. The van der Waals surface area contributed by atoms with Crippen LogP contribution in [0.5, 0.6) is 0 Å². The fourth-order valence-electron chi connectivity index (χ4n) is 1.86. The van der Waals surface area contributed by atoms with Crippen LogP contribution in [0.25, 0.3) is 0 Å². The Balaban J connectivity index is 1.96. The fraction of sp³-hybridized carbons (Fsp3) is 0.286. The van der Waals surface area contributed by atoms with Gasteiger partial charge in [0.1, 0.15) is 0 Å². The highest BCUT2D eigenvalue weighted by Crippen LogP contribution is 2.14. The standard InChI is InChI=1S/C14H19N3/c1-17(9-7-13-5-3-8-16-13)14-6-2-4-12(10-14)11-15/h2-6,8,10,16H,7,9,11,15H2,1H3. The molecule has 0 aliphatic heterocycles. The number of nitrogens with zero attached hydrogens (tertiary/aromatic N) is 1. The quantitative estimate of drug-likeness (QED) is 0.825. The Labute approximate surface area is 102 Å². The molecular formula is C14H19N3. The molecule has 0 atom stereocenters. The molecule has 0 unspecified atom stereocenters. The Morgan fingerprint density at radius 3 is 2.82 bits per heavy atom. The first-order valence-corrected chi connectivity index (χ1v) is 5.92. The third-order valence-corrected chi connectivity index (χ3v) is 2.97. The summed E-state index contributed by atoms with van der Waals surface area (Å²) in [6.45, 7) is 1.59. The normalized spacial score (nSPS) is 10.5. The summed E-state index contributed by atoms with van der Waals surface area (Å²) in [4.78, 5) is 5.47. The Kier molecular flexibility index (Phi) is 3.83. The molecule has 0 radical (unpaired) electrons. The summed E-state index contributed by atoms with van der Waals surface area (Å²) < 4.78 is 0. The molecule has 0 aliphatic rings. The van der Waals surface area contributed by atoms with E-state index in [-0.39, 0.29) is 0 Å². The molecule has 2 aromatic rings. The SMILES string of the molecule is CN(CCc1ccc[nH]1)c1cccc(CN)c1. The smallest absolute Gasteiger partial charge is 0.0366 e. The van der Waals surface area contributed by atoms with Crippen LogP contribution in [0.15, 0.2) is 42.6 Å². The summed E-state index contributed by atoms with van der Waals surface area (Å²) in [5.74, 6) is 0. The van der Waals surface area contributed by atoms with Gasteiger partial charge >= 0.3 is 0 Å². The number of aromatic amines is 1. The van der Waals surface area contributed by atoms with E-state index in [0.717, 1.165) is 13.0 Å². The predicted molar refractivity (Wildman–Crippen MR) is 72.1 cm³/mol. The molecule has 0 aliphatic carbocycles. The number of likely N-dealkylation sites (N-methyl/N-ethyl adjacent to an activating group) is 1. The van der Waals surface area contributed by atoms with Crippen LogP contribution in [0.2, 0.25) is 0 Å². The van der Waals surface area contributed by atoms with Crippen LogP contribution in [-0.4, -0.2) is 18.6 Å². The van der Waals surface area contributed by atoms with Crippen molar-refractivity contribution in [3.05, 3.63) is 53.9 Å². The van der Waals surface area contributed by atoms with Gasteiger partial charge in [0.05, 0.1) is 0 Å². The third kappa shape index (κ3) is 3.11. The zero-order valence-electron chi connectivity index (χ0n) is 10.2. The van der Waals surface area contributed by atoms with Crippen molar-refractivity contribution in [3.8, 4) is 0 Å². The molecule has 3 heteroatoms. The molecule has 0 saturated carbocycles. The number of nitrogens with two attached hydrogens (primary N) is 1. The van der Waals surface area contributed by atoms with Crippen LogP contribution >= 0.6 is 0 Å². The van der Waals surface area contributed by atoms with Gasteiger partial charge in [0.15, 0.2) is 0 Å². The second-order valence-corrected chi connectivity index (χ2v) is 4.24. The van der Waals surface area contributed by atoms with Gasteiger partial charge in [0.25, 0.3) is 0 Å². The van der Waals surface area contributed by atoms with Gasteiger partial charge < -0.3 is 15.6 Å². The molecule has 90 valence electrons. The van der Waals surface area contributed by atoms with E-state index in [1.54, 1.807) is 0 Å². The monoisotopic (exact) mass is 229 g/mol. The van der Waals surface area contributed by atoms with Crippen LogP contribution in [-0.2, 0) is 13.0 Å². The van der Waals surface area contributed by atoms with E-state index in [4.69, 9.17) is 5.73 Å². The highest BCUT2D eigenvalue weighted by Gasteiger charge is 2.02. The highest BCUT2D eigenvalue weighted by molar-refractivity contribution is 5.47. The number of hydrogen-bond donors (Lipinski definition) is 2.